The molecule has 0 fully saturated rings. The highest BCUT2D eigenvalue weighted by Gasteiger charge is 2.31. The molecule has 0 bridgehead atoms. The van der Waals surface area contributed by atoms with Crippen LogP contribution in [0.5, 0.6) is 5.75 Å². The molecule has 2 N–H and O–H groups in total. The predicted octanol–water partition coefficient (Wildman–Crippen LogP) is 1.48. The fourth-order valence-corrected chi connectivity index (χ4v) is 2.46. The maximum atomic E-state index is 12.2. The first-order valence-electron chi connectivity index (χ1n) is 8.64. The molecule has 0 aliphatic heterocycles. The van der Waals surface area contributed by atoms with E-state index >= 15 is 0 Å². The molecule has 0 radical (unpaired) electrons. The van der Waals surface area contributed by atoms with E-state index in [0.29, 0.717) is 6.42 Å². The number of phenols is 1. The van der Waals surface area contributed by atoms with Crippen LogP contribution in [-0.4, -0.2) is 47.2 Å². The first-order valence-corrected chi connectivity index (χ1v) is 8.64. The largest absolute Gasteiger partial charge is 0.508 e. The normalized spacial score (nSPS) is 10.6. The number of nitrogens with one attached hydrogen (secondary N) is 1. The number of hydrogen-bond donors (Lipinski definition) is 2. The zero-order valence-electron chi connectivity index (χ0n) is 15.2. The molecule has 8 nitrogen and oxygen atoms in total. The van der Waals surface area contributed by atoms with Crippen LogP contribution in [0.1, 0.15) is 25.8 Å². The number of pyridine rings is 1. The molecule has 0 saturated carbocycles. The SMILES string of the molecule is CCOC(=O)C(NC(=O)CCc1cnc2ccc(O)cc2c1)C(=O)OCC. The van der Waals surface area contributed by atoms with Crippen LogP contribution in [0.15, 0.2) is 30.5 Å². The average molecular weight is 374 g/mol. The third-order valence-corrected chi connectivity index (χ3v) is 3.71. The quantitative estimate of drug-likeness (QED) is 0.531. The van der Waals surface area contributed by atoms with Gasteiger partial charge < -0.3 is 19.9 Å². The summed E-state index contributed by atoms with van der Waals surface area (Å²) < 4.78 is 9.61. The van der Waals surface area contributed by atoms with Gasteiger partial charge in [0.25, 0.3) is 0 Å². The second kappa shape index (κ2) is 9.51. The fraction of sp³-hybridized carbons (Fsp3) is 0.368. The van der Waals surface area contributed by atoms with Gasteiger partial charge in [0.05, 0.1) is 18.7 Å². The lowest BCUT2D eigenvalue weighted by Gasteiger charge is -2.15. The predicted molar refractivity (Wildman–Crippen MR) is 96.9 cm³/mol. The van der Waals surface area contributed by atoms with Crippen molar-refractivity contribution in [3.63, 3.8) is 0 Å². The highest BCUT2D eigenvalue weighted by atomic mass is 16.6. The van der Waals surface area contributed by atoms with E-state index in [-0.39, 0.29) is 25.4 Å². The van der Waals surface area contributed by atoms with E-state index in [1.165, 1.54) is 0 Å². The van der Waals surface area contributed by atoms with Crippen LogP contribution in [0.4, 0.5) is 0 Å². The third-order valence-electron chi connectivity index (χ3n) is 3.71. The Morgan fingerprint density at radius 3 is 2.41 bits per heavy atom. The van der Waals surface area contributed by atoms with Crippen molar-refractivity contribution < 1.29 is 29.0 Å². The van der Waals surface area contributed by atoms with Crippen molar-refractivity contribution in [1.29, 1.82) is 0 Å². The number of carbonyl (C=O) groups excluding carboxylic acids is 3. The summed E-state index contributed by atoms with van der Waals surface area (Å²) in [5.74, 6) is -2.07. The number of esters is 2. The Morgan fingerprint density at radius 2 is 1.78 bits per heavy atom. The molecule has 1 amide bonds. The smallest absolute Gasteiger partial charge is 0.340 e. The van der Waals surface area contributed by atoms with E-state index in [0.717, 1.165) is 16.5 Å². The number of benzene rings is 1. The van der Waals surface area contributed by atoms with Crippen molar-refractivity contribution in [2.75, 3.05) is 13.2 Å². The molecule has 0 atom stereocenters. The van der Waals surface area contributed by atoms with E-state index in [2.05, 4.69) is 10.3 Å². The van der Waals surface area contributed by atoms with Gasteiger partial charge in [-0.1, -0.05) is 0 Å². The molecule has 0 saturated heterocycles. The molecular weight excluding hydrogens is 352 g/mol. The molecule has 1 heterocycles. The Bertz CT molecular complexity index is 818. The van der Waals surface area contributed by atoms with E-state index in [1.54, 1.807) is 38.2 Å². The maximum Gasteiger partial charge on any atom is 0.340 e. The number of fused-ring (bicyclic) bond motifs is 1. The zero-order chi connectivity index (χ0) is 19.8. The van der Waals surface area contributed by atoms with E-state index in [9.17, 15) is 19.5 Å². The number of aromatic hydroxyl groups is 1. The summed E-state index contributed by atoms with van der Waals surface area (Å²) in [6, 6.07) is 5.18. The van der Waals surface area contributed by atoms with Crippen molar-refractivity contribution in [1.82, 2.24) is 10.3 Å². The molecular formula is C19H22N2O6. The van der Waals surface area contributed by atoms with Crippen LogP contribution in [-0.2, 0) is 30.3 Å². The average Bonchev–Trinajstić information content (AvgIpc) is 2.64. The summed E-state index contributed by atoms with van der Waals surface area (Å²) in [7, 11) is 0. The molecule has 1 aromatic carbocycles. The van der Waals surface area contributed by atoms with Crippen LogP contribution in [0.2, 0.25) is 0 Å². The number of rotatable bonds is 8. The summed E-state index contributed by atoms with van der Waals surface area (Å²) in [5, 5.41) is 12.7. The molecule has 0 aliphatic rings. The minimum absolute atomic E-state index is 0.0430. The molecule has 0 unspecified atom stereocenters. The Morgan fingerprint density at radius 1 is 1.11 bits per heavy atom. The maximum absolute atomic E-state index is 12.2. The van der Waals surface area contributed by atoms with Crippen LogP contribution >= 0.6 is 0 Å². The van der Waals surface area contributed by atoms with Gasteiger partial charge in [-0.3, -0.25) is 9.78 Å². The number of aryl methyl sites for hydroxylation is 1. The fourth-order valence-electron chi connectivity index (χ4n) is 2.46. The van der Waals surface area contributed by atoms with E-state index < -0.39 is 23.9 Å². The highest BCUT2D eigenvalue weighted by Crippen LogP contribution is 2.19. The number of amides is 1. The summed E-state index contributed by atoms with van der Waals surface area (Å²) in [6.07, 6.45) is 2.03. The summed E-state index contributed by atoms with van der Waals surface area (Å²) in [6.45, 7) is 3.37. The second-order valence-electron chi connectivity index (χ2n) is 5.73. The van der Waals surface area contributed by atoms with Crippen molar-refractivity contribution in [2.24, 2.45) is 0 Å². The first kappa shape index (κ1) is 20.2. The molecule has 2 aromatic rings. The van der Waals surface area contributed by atoms with Gasteiger partial charge in [-0.25, -0.2) is 9.59 Å². The molecule has 144 valence electrons. The second-order valence-corrected chi connectivity index (χ2v) is 5.73. The van der Waals surface area contributed by atoms with Crippen molar-refractivity contribution in [2.45, 2.75) is 32.7 Å². The Labute approximate surface area is 156 Å². The Kier molecular flexibility index (Phi) is 7.10. The van der Waals surface area contributed by atoms with E-state index in [4.69, 9.17) is 9.47 Å². The van der Waals surface area contributed by atoms with Crippen LogP contribution < -0.4 is 5.32 Å². The molecule has 8 heteroatoms. The van der Waals surface area contributed by atoms with Crippen LogP contribution in [0, 0.1) is 0 Å². The van der Waals surface area contributed by atoms with Crippen molar-refractivity contribution in [3.05, 3.63) is 36.0 Å². The van der Waals surface area contributed by atoms with Crippen LogP contribution in [0.3, 0.4) is 0 Å². The Hall–Kier alpha value is -3.16. The van der Waals surface area contributed by atoms with Gasteiger partial charge in [-0.15, -0.1) is 0 Å². The van der Waals surface area contributed by atoms with Gasteiger partial charge in [0.1, 0.15) is 5.75 Å². The summed E-state index contributed by atoms with van der Waals surface area (Å²) in [5.41, 5.74) is 1.51. The Balaban J connectivity index is 2.00. The number of nitrogens with zero attached hydrogens (tertiary/aromatic N) is 1. The number of hydrogen-bond acceptors (Lipinski definition) is 7. The van der Waals surface area contributed by atoms with Gasteiger partial charge in [0.2, 0.25) is 11.9 Å². The molecule has 0 aliphatic carbocycles. The molecule has 27 heavy (non-hydrogen) atoms. The number of carbonyl (C=O) groups is 3. The highest BCUT2D eigenvalue weighted by molar-refractivity contribution is 6.02. The monoisotopic (exact) mass is 374 g/mol. The topological polar surface area (TPSA) is 115 Å². The number of aromatic nitrogens is 1. The minimum atomic E-state index is -1.48. The molecule has 1 aromatic heterocycles. The summed E-state index contributed by atoms with van der Waals surface area (Å²) in [4.78, 5) is 40.2. The van der Waals surface area contributed by atoms with E-state index in [1.807, 2.05) is 6.07 Å². The molecule has 2 rings (SSSR count). The lowest BCUT2D eigenvalue weighted by molar-refractivity contribution is -0.159. The van der Waals surface area contributed by atoms with Gasteiger partial charge in [-0.05, 0) is 50.1 Å². The van der Waals surface area contributed by atoms with Crippen LogP contribution in [0.25, 0.3) is 10.9 Å². The van der Waals surface area contributed by atoms with Crippen molar-refractivity contribution in [3.8, 4) is 5.75 Å². The van der Waals surface area contributed by atoms with Gasteiger partial charge in [0, 0.05) is 18.0 Å². The zero-order valence-corrected chi connectivity index (χ0v) is 15.2. The standard InChI is InChI=1S/C19H22N2O6/c1-3-26-18(24)17(19(25)27-4-2)21-16(23)8-5-12-9-13-10-14(22)6-7-15(13)20-11-12/h6-7,9-11,17,22H,3-5,8H2,1-2H3,(H,21,23). The van der Waals surface area contributed by atoms with Gasteiger partial charge in [-0.2, -0.15) is 0 Å². The first-order chi connectivity index (χ1) is 12.9. The third kappa shape index (κ3) is 5.67. The molecule has 0 spiro atoms. The van der Waals surface area contributed by atoms with Gasteiger partial charge >= 0.3 is 11.9 Å². The van der Waals surface area contributed by atoms with Crippen molar-refractivity contribution >= 4 is 28.7 Å². The lowest BCUT2D eigenvalue weighted by atomic mass is 10.1. The summed E-state index contributed by atoms with van der Waals surface area (Å²) >= 11 is 0. The lowest BCUT2D eigenvalue weighted by Crippen LogP contribution is -2.48. The number of phenolic OH excluding ortho intramolecular Hbond substituents is 1. The van der Waals surface area contributed by atoms with Gasteiger partial charge in [0.15, 0.2) is 0 Å². The number of ether oxygens (including phenoxy) is 2. The minimum Gasteiger partial charge on any atom is -0.508 e.